The van der Waals surface area contributed by atoms with Crippen molar-refractivity contribution in [2.75, 3.05) is 13.2 Å². The number of ether oxygens (including phenoxy) is 1. The molecular weight excluding hydrogens is 302 g/mol. The highest BCUT2D eigenvalue weighted by Gasteiger charge is 2.11. The molecular formula is C20H25NO3. The predicted molar refractivity (Wildman–Crippen MR) is 96.0 cm³/mol. The highest BCUT2D eigenvalue weighted by molar-refractivity contribution is 5.91. The molecule has 0 saturated carbocycles. The molecule has 0 saturated heterocycles. The Hall–Kier alpha value is -2.17. The predicted octanol–water partition coefficient (Wildman–Crippen LogP) is 3.31. The lowest BCUT2D eigenvalue weighted by Crippen LogP contribution is -2.28. The average molecular weight is 327 g/mol. The molecule has 1 unspecified atom stereocenters. The molecule has 0 aromatic heterocycles. The molecule has 4 nitrogen and oxygen atoms in total. The number of carbonyl (C=O) groups is 1. The minimum atomic E-state index is -0.317. The quantitative estimate of drug-likeness (QED) is 0.766. The molecule has 0 fully saturated rings. The SMILES string of the molecule is CCOC(=O)c1cc(CNC(C)CO)cc(-c2ccc(C)cc2)c1. The van der Waals surface area contributed by atoms with Crippen LogP contribution in [0, 0.1) is 6.92 Å². The van der Waals surface area contributed by atoms with Crippen LogP contribution in [0.1, 0.15) is 35.3 Å². The normalized spacial score (nSPS) is 12.0. The molecule has 24 heavy (non-hydrogen) atoms. The summed E-state index contributed by atoms with van der Waals surface area (Å²) < 4.78 is 5.14. The Kier molecular flexibility index (Phi) is 6.53. The van der Waals surface area contributed by atoms with Crippen LogP contribution in [0.25, 0.3) is 11.1 Å². The van der Waals surface area contributed by atoms with Gasteiger partial charge >= 0.3 is 5.97 Å². The first kappa shape index (κ1) is 18.2. The van der Waals surface area contributed by atoms with Crippen molar-refractivity contribution in [3.8, 4) is 11.1 Å². The van der Waals surface area contributed by atoms with E-state index in [1.807, 2.05) is 38.1 Å². The van der Waals surface area contributed by atoms with Gasteiger partial charge in [0.25, 0.3) is 0 Å². The number of benzene rings is 2. The number of hydrogen-bond acceptors (Lipinski definition) is 4. The number of nitrogens with one attached hydrogen (secondary N) is 1. The van der Waals surface area contributed by atoms with Crippen LogP contribution >= 0.6 is 0 Å². The lowest BCUT2D eigenvalue weighted by Gasteiger charge is -2.13. The first-order valence-corrected chi connectivity index (χ1v) is 8.26. The van der Waals surface area contributed by atoms with E-state index in [-0.39, 0.29) is 18.6 Å². The summed E-state index contributed by atoms with van der Waals surface area (Å²) in [5, 5.41) is 12.4. The van der Waals surface area contributed by atoms with Gasteiger partial charge in [0.05, 0.1) is 18.8 Å². The number of esters is 1. The van der Waals surface area contributed by atoms with Crippen LogP contribution in [0.2, 0.25) is 0 Å². The summed E-state index contributed by atoms with van der Waals surface area (Å²) in [6.07, 6.45) is 0. The third kappa shape index (κ3) is 4.91. The maximum absolute atomic E-state index is 12.1. The Balaban J connectivity index is 2.35. The number of aryl methyl sites for hydroxylation is 1. The van der Waals surface area contributed by atoms with Crippen molar-refractivity contribution in [1.82, 2.24) is 5.32 Å². The van der Waals surface area contributed by atoms with Crippen LogP contribution in [0.15, 0.2) is 42.5 Å². The molecule has 0 spiro atoms. The van der Waals surface area contributed by atoms with E-state index in [4.69, 9.17) is 9.84 Å². The zero-order valence-electron chi connectivity index (χ0n) is 14.5. The molecule has 0 aliphatic carbocycles. The van der Waals surface area contributed by atoms with Crippen molar-refractivity contribution in [3.05, 3.63) is 59.2 Å². The highest BCUT2D eigenvalue weighted by Crippen LogP contribution is 2.23. The molecule has 2 aromatic carbocycles. The van der Waals surface area contributed by atoms with Crippen molar-refractivity contribution in [1.29, 1.82) is 0 Å². The Labute approximate surface area is 143 Å². The van der Waals surface area contributed by atoms with Gasteiger partial charge in [-0.05, 0) is 55.7 Å². The summed E-state index contributed by atoms with van der Waals surface area (Å²) >= 11 is 0. The maximum atomic E-state index is 12.1. The lowest BCUT2D eigenvalue weighted by atomic mass is 9.98. The number of carbonyl (C=O) groups excluding carboxylic acids is 1. The van der Waals surface area contributed by atoms with Crippen LogP contribution < -0.4 is 5.32 Å². The van der Waals surface area contributed by atoms with Gasteiger partial charge in [0.15, 0.2) is 0 Å². The Morgan fingerprint density at radius 3 is 2.50 bits per heavy atom. The van der Waals surface area contributed by atoms with E-state index in [1.54, 1.807) is 6.92 Å². The van der Waals surface area contributed by atoms with E-state index in [0.29, 0.717) is 18.7 Å². The van der Waals surface area contributed by atoms with Crippen LogP contribution in [0.3, 0.4) is 0 Å². The summed E-state index contributed by atoms with van der Waals surface area (Å²) in [5.41, 5.74) is 4.76. The van der Waals surface area contributed by atoms with E-state index in [1.165, 1.54) is 5.56 Å². The molecule has 0 radical (unpaired) electrons. The van der Waals surface area contributed by atoms with Gasteiger partial charge in [0.2, 0.25) is 0 Å². The first-order chi connectivity index (χ1) is 11.5. The Bertz CT molecular complexity index is 680. The number of hydrogen-bond donors (Lipinski definition) is 2. The van der Waals surface area contributed by atoms with Gasteiger partial charge in [-0.25, -0.2) is 4.79 Å². The molecule has 0 amide bonds. The van der Waals surface area contributed by atoms with Gasteiger partial charge in [-0.3, -0.25) is 0 Å². The lowest BCUT2D eigenvalue weighted by molar-refractivity contribution is 0.0526. The number of rotatable bonds is 7. The second-order valence-electron chi connectivity index (χ2n) is 5.97. The Morgan fingerprint density at radius 2 is 1.88 bits per heavy atom. The minimum Gasteiger partial charge on any atom is -0.462 e. The third-order valence-electron chi connectivity index (χ3n) is 3.82. The monoisotopic (exact) mass is 327 g/mol. The smallest absolute Gasteiger partial charge is 0.338 e. The van der Waals surface area contributed by atoms with Crippen molar-refractivity contribution in [3.63, 3.8) is 0 Å². The average Bonchev–Trinajstić information content (AvgIpc) is 2.60. The summed E-state index contributed by atoms with van der Waals surface area (Å²) in [4.78, 5) is 12.1. The van der Waals surface area contributed by atoms with Gasteiger partial charge in [-0.2, -0.15) is 0 Å². The van der Waals surface area contributed by atoms with Gasteiger partial charge < -0.3 is 15.2 Å². The zero-order valence-corrected chi connectivity index (χ0v) is 14.5. The molecule has 4 heteroatoms. The highest BCUT2D eigenvalue weighted by atomic mass is 16.5. The summed E-state index contributed by atoms with van der Waals surface area (Å²) in [6, 6.07) is 14.0. The van der Waals surface area contributed by atoms with E-state index < -0.39 is 0 Å². The summed E-state index contributed by atoms with van der Waals surface area (Å²) in [5.74, 6) is -0.317. The topological polar surface area (TPSA) is 58.6 Å². The van der Waals surface area contributed by atoms with Crippen LogP contribution in [-0.4, -0.2) is 30.3 Å². The van der Waals surface area contributed by atoms with E-state index in [2.05, 4.69) is 23.5 Å². The fourth-order valence-corrected chi connectivity index (χ4v) is 2.40. The molecule has 0 aliphatic rings. The van der Waals surface area contributed by atoms with Crippen molar-refractivity contribution < 1.29 is 14.6 Å². The standard InChI is InChI=1S/C20H25NO3/c1-4-24-20(23)19-10-16(12-21-15(3)13-22)9-18(11-19)17-7-5-14(2)6-8-17/h5-11,15,21-22H,4,12-13H2,1-3H3. The van der Waals surface area contributed by atoms with Gasteiger partial charge in [0, 0.05) is 12.6 Å². The molecule has 0 aliphatic heterocycles. The fraction of sp³-hybridized carbons (Fsp3) is 0.350. The van der Waals surface area contributed by atoms with E-state index in [0.717, 1.165) is 16.7 Å². The fourth-order valence-electron chi connectivity index (χ4n) is 2.40. The molecule has 2 rings (SSSR count). The molecule has 0 heterocycles. The molecule has 128 valence electrons. The van der Waals surface area contributed by atoms with Crippen LogP contribution in [0.4, 0.5) is 0 Å². The minimum absolute atomic E-state index is 0.000857. The Morgan fingerprint density at radius 1 is 1.17 bits per heavy atom. The maximum Gasteiger partial charge on any atom is 0.338 e. The van der Waals surface area contributed by atoms with E-state index in [9.17, 15) is 4.79 Å². The van der Waals surface area contributed by atoms with Crippen LogP contribution in [-0.2, 0) is 11.3 Å². The summed E-state index contributed by atoms with van der Waals surface area (Å²) in [6.45, 7) is 6.76. The zero-order chi connectivity index (χ0) is 17.5. The molecule has 2 N–H and O–H groups in total. The molecule has 1 atom stereocenters. The van der Waals surface area contributed by atoms with Crippen molar-refractivity contribution in [2.45, 2.75) is 33.4 Å². The van der Waals surface area contributed by atoms with Crippen molar-refractivity contribution in [2.24, 2.45) is 0 Å². The second-order valence-corrected chi connectivity index (χ2v) is 5.97. The van der Waals surface area contributed by atoms with E-state index >= 15 is 0 Å². The van der Waals surface area contributed by atoms with Crippen LogP contribution in [0.5, 0.6) is 0 Å². The number of aliphatic hydroxyl groups is 1. The number of aliphatic hydroxyl groups excluding tert-OH is 1. The first-order valence-electron chi connectivity index (χ1n) is 8.26. The molecule has 2 aromatic rings. The third-order valence-corrected chi connectivity index (χ3v) is 3.82. The van der Waals surface area contributed by atoms with Gasteiger partial charge in [-0.15, -0.1) is 0 Å². The largest absolute Gasteiger partial charge is 0.462 e. The summed E-state index contributed by atoms with van der Waals surface area (Å²) in [7, 11) is 0. The van der Waals surface area contributed by atoms with Gasteiger partial charge in [0.1, 0.15) is 0 Å². The second kappa shape index (κ2) is 8.62. The van der Waals surface area contributed by atoms with Gasteiger partial charge in [-0.1, -0.05) is 29.8 Å². The molecule has 0 bridgehead atoms. The van der Waals surface area contributed by atoms with Crippen molar-refractivity contribution >= 4 is 5.97 Å².